The molecule has 5 nitrogen and oxygen atoms in total. The van der Waals surface area contributed by atoms with Gasteiger partial charge in [-0.1, -0.05) is 23.7 Å². The number of nitrogens with zero attached hydrogens (tertiary/aromatic N) is 2. The minimum absolute atomic E-state index is 0.0730. The lowest BCUT2D eigenvalue weighted by atomic mass is 10.1. The Kier molecular flexibility index (Phi) is 4.79. The molecule has 1 N–H and O–H groups in total. The van der Waals surface area contributed by atoms with Crippen LogP contribution in [-0.2, 0) is 4.79 Å². The van der Waals surface area contributed by atoms with E-state index in [1.165, 1.54) is 12.4 Å². The molecule has 20 heavy (non-hydrogen) atoms. The monoisotopic (exact) mass is 289 g/mol. The van der Waals surface area contributed by atoms with E-state index in [4.69, 9.17) is 11.6 Å². The van der Waals surface area contributed by atoms with Crippen molar-refractivity contribution in [3.05, 3.63) is 53.3 Å². The van der Waals surface area contributed by atoms with Crippen molar-refractivity contribution < 1.29 is 9.59 Å². The molecular formula is C14H12ClN3O2. The van der Waals surface area contributed by atoms with Crippen molar-refractivity contribution in [1.29, 1.82) is 0 Å². The van der Waals surface area contributed by atoms with Crippen LogP contribution in [0.1, 0.15) is 23.2 Å². The van der Waals surface area contributed by atoms with Gasteiger partial charge in [-0.25, -0.2) is 9.97 Å². The molecule has 0 saturated carbocycles. The Morgan fingerprint density at radius 1 is 1.10 bits per heavy atom. The first-order chi connectivity index (χ1) is 9.65. The van der Waals surface area contributed by atoms with Crippen molar-refractivity contribution >= 4 is 29.2 Å². The molecule has 2 rings (SSSR count). The number of hydrogen-bond acceptors (Lipinski definition) is 4. The number of carbonyl (C=O) groups excluding carboxylic acids is 2. The van der Waals surface area contributed by atoms with Gasteiger partial charge in [0.1, 0.15) is 0 Å². The van der Waals surface area contributed by atoms with Crippen LogP contribution >= 0.6 is 11.6 Å². The molecule has 0 aliphatic rings. The third-order valence-corrected chi connectivity index (χ3v) is 2.78. The molecule has 0 aliphatic carbocycles. The molecule has 0 bridgehead atoms. The topological polar surface area (TPSA) is 72.0 Å². The smallest absolute Gasteiger partial charge is 0.229 e. The molecule has 0 unspecified atom stereocenters. The van der Waals surface area contributed by atoms with Gasteiger partial charge >= 0.3 is 0 Å². The average molecular weight is 290 g/mol. The maximum Gasteiger partial charge on any atom is 0.229 e. The van der Waals surface area contributed by atoms with E-state index >= 15 is 0 Å². The highest BCUT2D eigenvalue weighted by atomic mass is 35.5. The third-order valence-electron chi connectivity index (χ3n) is 2.54. The van der Waals surface area contributed by atoms with Gasteiger partial charge < -0.3 is 0 Å². The quantitative estimate of drug-likeness (QED) is 0.859. The van der Waals surface area contributed by atoms with E-state index in [1.807, 2.05) is 0 Å². The van der Waals surface area contributed by atoms with Crippen molar-refractivity contribution in [2.24, 2.45) is 0 Å². The van der Waals surface area contributed by atoms with Crippen molar-refractivity contribution in [2.45, 2.75) is 12.8 Å². The number of hydrogen-bond donors (Lipinski definition) is 1. The lowest BCUT2D eigenvalue weighted by Crippen LogP contribution is -2.15. The Bertz CT molecular complexity index is 617. The summed E-state index contributed by atoms with van der Waals surface area (Å²) in [5, 5.41) is 3.02. The predicted octanol–water partition coefficient (Wildman–Crippen LogP) is 2.73. The van der Waals surface area contributed by atoms with Crippen LogP contribution in [0.15, 0.2) is 42.7 Å². The van der Waals surface area contributed by atoms with E-state index in [9.17, 15) is 9.59 Å². The van der Waals surface area contributed by atoms with Gasteiger partial charge in [-0.15, -0.1) is 0 Å². The summed E-state index contributed by atoms with van der Waals surface area (Å²) in [5.41, 5.74) is 0.501. The van der Waals surface area contributed by atoms with Crippen molar-refractivity contribution in [3.63, 3.8) is 0 Å². The second kappa shape index (κ2) is 6.77. The first-order valence-electron chi connectivity index (χ1n) is 6.01. The van der Waals surface area contributed by atoms with E-state index in [2.05, 4.69) is 15.3 Å². The number of nitrogens with one attached hydrogen (secondary N) is 1. The normalized spacial score (nSPS) is 10.1. The second-order valence-electron chi connectivity index (χ2n) is 4.05. The lowest BCUT2D eigenvalue weighted by Gasteiger charge is -2.03. The molecule has 0 aliphatic heterocycles. The largest absolute Gasteiger partial charge is 0.295 e. The minimum Gasteiger partial charge on any atom is -0.295 e. The summed E-state index contributed by atoms with van der Waals surface area (Å²) < 4.78 is 0. The summed E-state index contributed by atoms with van der Waals surface area (Å²) >= 11 is 5.81. The van der Waals surface area contributed by atoms with Crippen LogP contribution in [0, 0.1) is 0 Å². The van der Waals surface area contributed by atoms with E-state index < -0.39 is 0 Å². The van der Waals surface area contributed by atoms with Gasteiger partial charge in [0.2, 0.25) is 11.9 Å². The number of halogens is 1. The third kappa shape index (κ3) is 4.13. The number of anilines is 1. The Labute approximate surface area is 121 Å². The highest BCUT2D eigenvalue weighted by Crippen LogP contribution is 2.13. The van der Waals surface area contributed by atoms with E-state index in [0.717, 1.165) is 0 Å². The van der Waals surface area contributed by atoms with Crippen molar-refractivity contribution in [2.75, 3.05) is 5.32 Å². The minimum atomic E-state index is -0.299. The van der Waals surface area contributed by atoms with Crippen LogP contribution in [0.4, 0.5) is 5.95 Å². The molecule has 1 amide bonds. The van der Waals surface area contributed by atoms with Crippen LogP contribution < -0.4 is 5.32 Å². The molecule has 102 valence electrons. The van der Waals surface area contributed by atoms with E-state index in [1.54, 1.807) is 30.3 Å². The zero-order valence-electron chi connectivity index (χ0n) is 10.5. The van der Waals surface area contributed by atoms with Gasteiger partial charge in [0.25, 0.3) is 0 Å². The SMILES string of the molecule is O=C(CCC(=O)c1cccc(Cl)c1)Nc1ncccn1. The Morgan fingerprint density at radius 3 is 2.55 bits per heavy atom. The number of ketones is 1. The van der Waals surface area contributed by atoms with Gasteiger partial charge in [-0.3, -0.25) is 14.9 Å². The Morgan fingerprint density at radius 2 is 1.85 bits per heavy atom. The maximum absolute atomic E-state index is 11.9. The lowest BCUT2D eigenvalue weighted by molar-refractivity contribution is -0.116. The summed E-state index contributed by atoms with van der Waals surface area (Å²) in [6, 6.07) is 8.30. The second-order valence-corrected chi connectivity index (χ2v) is 4.49. The van der Waals surface area contributed by atoms with Crippen LogP contribution in [0.5, 0.6) is 0 Å². The Balaban J connectivity index is 1.86. The molecule has 1 aromatic heterocycles. The first kappa shape index (κ1) is 14.1. The number of amides is 1. The molecule has 0 spiro atoms. The average Bonchev–Trinajstić information content (AvgIpc) is 2.46. The number of benzene rings is 1. The maximum atomic E-state index is 11.9. The zero-order chi connectivity index (χ0) is 14.4. The summed E-state index contributed by atoms with van der Waals surface area (Å²) in [6.07, 6.45) is 3.24. The summed E-state index contributed by atoms with van der Waals surface area (Å²) in [7, 11) is 0. The Hall–Kier alpha value is -2.27. The zero-order valence-corrected chi connectivity index (χ0v) is 11.3. The van der Waals surface area contributed by atoms with Crippen LogP contribution in [0.2, 0.25) is 5.02 Å². The fraction of sp³-hybridized carbons (Fsp3) is 0.143. The summed E-state index contributed by atoms with van der Waals surface area (Å²) in [5.74, 6) is -0.198. The van der Waals surface area contributed by atoms with E-state index in [-0.39, 0.29) is 30.5 Å². The number of Topliss-reactive ketones (excluding diaryl/α,β-unsaturated/α-hetero) is 1. The first-order valence-corrected chi connectivity index (χ1v) is 6.38. The molecule has 0 radical (unpaired) electrons. The molecule has 0 atom stereocenters. The molecule has 1 aromatic carbocycles. The molecule has 6 heteroatoms. The number of aromatic nitrogens is 2. The van der Waals surface area contributed by atoms with E-state index in [0.29, 0.717) is 10.6 Å². The van der Waals surface area contributed by atoms with Crippen molar-refractivity contribution in [1.82, 2.24) is 9.97 Å². The van der Waals surface area contributed by atoms with Gasteiger partial charge in [-0.05, 0) is 18.2 Å². The van der Waals surface area contributed by atoms with Gasteiger partial charge in [-0.2, -0.15) is 0 Å². The fourth-order valence-electron chi connectivity index (χ4n) is 1.58. The molecule has 2 aromatic rings. The highest BCUT2D eigenvalue weighted by molar-refractivity contribution is 6.31. The number of carbonyl (C=O) groups is 2. The molecule has 1 heterocycles. The summed E-state index contributed by atoms with van der Waals surface area (Å²) in [4.78, 5) is 31.3. The molecular weight excluding hydrogens is 278 g/mol. The van der Waals surface area contributed by atoms with Crippen LogP contribution in [0.3, 0.4) is 0 Å². The van der Waals surface area contributed by atoms with Crippen molar-refractivity contribution in [3.8, 4) is 0 Å². The molecule has 0 saturated heterocycles. The fourth-order valence-corrected chi connectivity index (χ4v) is 1.77. The van der Waals surface area contributed by atoms with Gasteiger partial charge in [0, 0.05) is 35.8 Å². The molecule has 0 fully saturated rings. The highest BCUT2D eigenvalue weighted by Gasteiger charge is 2.10. The van der Waals surface area contributed by atoms with Gasteiger partial charge in [0.15, 0.2) is 5.78 Å². The standard InChI is InChI=1S/C14H12ClN3O2/c15-11-4-1-3-10(9-11)12(19)5-6-13(20)18-14-16-7-2-8-17-14/h1-4,7-9H,5-6H2,(H,16,17,18,20). The number of rotatable bonds is 5. The van der Waals surface area contributed by atoms with Crippen LogP contribution in [0.25, 0.3) is 0 Å². The summed E-state index contributed by atoms with van der Waals surface area (Å²) in [6.45, 7) is 0. The van der Waals surface area contributed by atoms with Gasteiger partial charge in [0.05, 0.1) is 0 Å². The predicted molar refractivity (Wildman–Crippen MR) is 75.7 cm³/mol. The van der Waals surface area contributed by atoms with Crippen LogP contribution in [-0.4, -0.2) is 21.7 Å².